The van der Waals surface area contributed by atoms with Crippen molar-refractivity contribution in [2.24, 2.45) is 0 Å². The predicted molar refractivity (Wildman–Crippen MR) is 64.8 cm³/mol. The van der Waals surface area contributed by atoms with E-state index >= 15 is 0 Å². The third-order valence-corrected chi connectivity index (χ3v) is 1.97. The van der Waals surface area contributed by atoms with Gasteiger partial charge in [0.25, 0.3) is 11.8 Å². The summed E-state index contributed by atoms with van der Waals surface area (Å²) in [7, 11) is 1.53. The van der Waals surface area contributed by atoms with Gasteiger partial charge in [0.1, 0.15) is 5.69 Å². The molecular formula is C12H17N3O2. The molecule has 1 aromatic heterocycles. The molecule has 0 radical (unpaired) electrons. The molecule has 5 heteroatoms. The fourth-order valence-corrected chi connectivity index (χ4v) is 1.20. The lowest BCUT2D eigenvalue weighted by molar-refractivity contribution is 0.0915. The van der Waals surface area contributed by atoms with Gasteiger partial charge >= 0.3 is 0 Å². The number of carbonyl (C=O) groups excluding carboxylic acids is 2. The number of aromatic nitrogens is 1. The number of hydrogen-bond donors (Lipinski definition) is 2. The quantitative estimate of drug-likeness (QED) is 0.802. The number of pyridine rings is 1. The molecule has 0 atom stereocenters. The van der Waals surface area contributed by atoms with E-state index in [2.05, 4.69) is 15.6 Å². The van der Waals surface area contributed by atoms with Crippen LogP contribution in [0.25, 0.3) is 0 Å². The van der Waals surface area contributed by atoms with E-state index in [9.17, 15) is 9.59 Å². The highest BCUT2D eigenvalue weighted by Crippen LogP contribution is 2.04. The van der Waals surface area contributed by atoms with E-state index in [1.165, 1.54) is 19.3 Å². The van der Waals surface area contributed by atoms with Crippen molar-refractivity contribution in [1.29, 1.82) is 0 Å². The summed E-state index contributed by atoms with van der Waals surface area (Å²) in [6.45, 7) is 5.70. The molecule has 0 saturated heterocycles. The second-order valence-corrected chi connectivity index (χ2v) is 4.72. The highest BCUT2D eigenvalue weighted by Gasteiger charge is 2.15. The lowest BCUT2D eigenvalue weighted by Crippen LogP contribution is -2.40. The topological polar surface area (TPSA) is 71.1 Å². The Labute approximate surface area is 101 Å². The average molecular weight is 235 g/mol. The normalized spacial score (nSPS) is 10.8. The van der Waals surface area contributed by atoms with E-state index in [0.717, 1.165) is 0 Å². The summed E-state index contributed by atoms with van der Waals surface area (Å²) < 4.78 is 0. The first-order valence-electron chi connectivity index (χ1n) is 5.34. The maximum Gasteiger partial charge on any atom is 0.269 e. The van der Waals surface area contributed by atoms with Gasteiger partial charge in [-0.2, -0.15) is 0 Å². The molecule has 0 aliphatic heterocycles. The molecule has 1 heterocycles. The van der Waals surface area contributed by atoms with E-state index in [1.807, 2.05) is 20.8 Å². The summed E-state index contributed by atoms with van der Waals surface area (Å²) >= 11 is 0. The van der Waals surface area contributed by atoms with Crippen LogP contribution in [-0.2, 0) is 0 Å². The van der Waals surface area contributed by atoms with Gasteiger partial charge in [-0.3, -0.25) is 14.6 Å². The standard InChI is InChI=1S/C12H17N3O2/c1-12(2,3)15-10(16)8-5-6-9(14-7-8)11(17)13-4/h5-7H,1-4H3,(H,13,17)(H,15,16). The van der Waals surface area contributed by atoms with Crippen molar-refractivity contribution in [1.82, 2.24) is 15.6 Å². The average Bonchev–Trinajstić information content (AvgIpc) is 2.26. The SMILES string of the molecule is CNC(=O)c1ccc(C(=O)NC(C)(C)C)cn1. The minimum atomic E-state index is -0.295. The Morgan fingerprint density at radius 2 is 1.82 bits per heavy atom. The van der Waals surface area contributed by atoms with Crippen LogP contribution in [0, 0.1) is 0 Å². The molecule has 5 nitrogen and oxygen atoms in total. The number of hydrogen-bond acceptors (Lipinski definition) is 3. The molecule has 0 saturated carbocycles. The summed E-state index contributed by atoms with van der Waals surface area (Å²) in [5.74, 6) is -0.471. The Bertz CT molecular complexity index is 418. The predicted octanol–water partition coefficient (Wildman–Crippen LogP) is 0.969. The van der Waals surface area contributed by atoms with Gasteiger partial charge < -0.3 is 10.6 Å². The molecule has 2 N–H and O–H groups in total. The molecule has 17 heavy (non-hydrogen) atoms. The molecule has 0 fully saturated rings. The Balaban J connectivity index is 2.81. The number of carbonyl (C=O) groups is 2. The van der Waals surface area contributed by atoms with Gasteiger partial charge in [0.2, 0.25) is 0 Å². The van der Waals surface area contributed by atoms with Crippen molar-refractivity contribution in [3.8, 4) is 0 Å². The zero-order valence-electron chi connectivity index (χ0n) is 10.5. The first-order valence-corrected chi connectivity index (χ1v) is 5.34. The van der Waals surface area contributed by atoms with E-state index < -0.39 is 0 Å². The zero-order chi connectivity index (χ0) is 13.1. The molecule has 92 valence electrons. The van der Waals surface area contributed by atoms with Crippen molar-refractivity contribution in [2.75, 3.05) is 7.05 Å². The zero-order valence-corrected chi connectivity index (χ0v) is 10.5. The van der Waals surface area contributed by atoms with Gasteiger partial charge in [0.15, 0.2) is 0 Å². The third kappa shape index (κ3) is 3.86. The Hall–Kier alpha value is -1.91. The van der Waals surface area contributed by atoms with E-state index in [4.69, 9.17) is 0 Å². The molecule has 0 spiro atoms. The molecule has 0 bridgehead atoms. The number of rotatable bonds is 2. The monoisotopic (exact) mass is 235 g/mol. The van der Waals surface area contributed by atoms with Gasteiger partial charge in [0.05, 0.1) is 5.56 Å². The smallest absolute Gasteiger partial charge is 0.269 e. The Kier molecular flexibility index (Phi) is 3.83. The van der Waals surface area contributed by atoms with Crippen LogP contribution in [0.15, 0.2) is 18.3 Å². The van der Waals surface area contributed by atoms with Gasteiger partial charge in [-0.25, -0.2) is 0 Å². The maximum absolute atomic E-state index is 11.8. The molecule has 0 aliphatic carbocycles. The highest BCUT2D eigenvalue weighted by molar-refractivity contribution is 5.96. The molecule has 0 unspecified atom stereocenters. The first kappa shape index (κ1) is 13.2. The number of nitrogens with one attached hydrogen (secondary N) is 2. The van der Waals surface area contributed by atoms with Crippen molar-refractivity contribution in [3.63, 3.8) is 0 Å². The van der Waals surface area contributed by atoms with Crippen LogP contribution in [0.5, 0.6) is 0 Å². The summed E-state index contributed by atoms with van der Waals surface area (Å²) in [4.78, 5) is 26.9. The Morgan fingerprint density at radius 3 is 2.24 bits per heavy atom. The summed E-state index contributed by atoms with van der Waals surface area (Å²) in [6.07, 6.45) is 1.39. The number of amides is 2. The van der Waals surface area contributed by atoms with Crippen LogP contribution >= 0.6 is 0 Å². The molecule has 1 rings (SSSR count). The van der Waals surface area contributed by atoms with E-state index in [1.54, 1.807) is 6.07 Å². The largest absolute Gasteiger partial charge is 0.354 e. The molecule has 2 amide bonds. The van der Waals surface area contributed by atoms with Gasteiger partial charge in [-0.1, -0.05) is 0 Å². The van der Waals surface area contributed by atoms with Crippen LogP contribution in [0.2, 0.25) is 0 Å². The van der Waals surface area contributed by atoms with Crippen LogP contribution in [-0.4, -0.2) is 29.4 Å². The molecule has 0 aromatic carbocycles. The van der Waals surface area contributed by atoms with Crippen LogP contribution in [0.4, 0.5) is 0 Å². The van der Waals surface area contributed by atoms with E-state index in [0.29, 0.717) is 11.3 Å². The molecule has 0 aliphatic rings. The fourth-order valence-electron chi connectivity index (χ4n) is 1.20. The van der Waals surface area contributed by atoms with Crippen LogP contribution in [0.1, 0.15) is 41.6 Å². The first-order chi connectivity index (χ1) is 7.83. The van der Waals surface area contributed by atoms with Crippen molar-refractivity contribution >= 4 is 11.8 Å². The fraction of sp³-hybridized carbons (Fsp3) is 0.417. The molecule has 1 aromatic rings. The minimum Gasteiger partial charge on any atom is -0.354 e. The lowest BCUT2D eigenvalue weighted by Gasteiger charge is -2.20. The summed E-state index contributed by atoms with van der Waals surface area (Å²) in [5, 5.41) is 5.28. The lowest BCUT2D eigenvalue weighted by atomic mass is 10.1. The van der Waals surface area contributed by atoms with Gasteiger partial charge in [-0.05, 0) is 32.9 Å². The van der Waals surface area contributed by atoms with E-state index in [-0.39, 0.29) is 17.4 Å². The van der Waals surface area contributed by atoms with Gasteiger partial charge in [0, 0.05) is 18.8 Å². The molecular weight excluding hydrogens is 218 g/mol. The van der Waals surface area contributed by atoms with Crippen molar-refractivity contribution in [2.45, 2.75) is 26.3 Å². The third-order valence-electron chi connectivity index (χ3n) is 1.97. The number of nitrogens with zero attached hydrogens (tertiary/aromatic N) is 1. The van der Waals surface area contributed by atoms with Crippen molar-refractivity contribution < 1.29 is 9.59 Å². The van der Waals surface area contributed by atoms with Crippen LogP contribution in [0.3, 0.4) is 0 Å². The second-order valence-electron chi connectivity index (χ2n) is 4.72. The van der Waals surface area contributed by atoms with Gasteiger partial charge in [-0.15, -0.1) is 0 Å². The minimum absolute atomic E-state index is 0.201. The summed E-state index contributed by atoms with van der Waals surface area (Å²) in [6, 6.07) is 3.11. The maximum atomic E-state index is 11.8. The van der Waals surface area contributed by atoms with Crippen LogP contribution < -0.4 is 10.6 Å². The highest BCUT2D eigenvalue weighted by atomic mass is 16.2. The summed E-state index contributed by atoms with van der Waals surface area (Å²) in [5.41, 5.74) is 0.434. The van der Waals surface area contributed by atoms with Crippen molar-refractivity contribution in [3.05, 3.63) is 29.6 Å². The second kappa shape index (κ2) is 4.95. The Morgan fingerprint density at radius 1 is 1.18 bits per heavy atom.